The second-order valence-electron chi connectivity index (χ2n) is 5.23. The van der Waals surface area contributed by atoms with Crippen LogP contribution < -0.4 is 4.90 Å². The Morgan fingerprint density at radius 2 is 2.21 bits per heavy atom. The number of anilines is 1. The fourth-order valence-electron chi connectivity index (χ4n) is 2.04. The summed E-state index contributed by atoms with van der Waals surface area (Å²) in [5, 5.41) is 18.8. The largest absolute Gasteiger partial charge is 0.477 e. The van der Waals surface area contributed by atoms with Gasteiger partial charge in [-0.1, -0.05) is 0 Å². The fourth-order valence-corrected chi connectivity index (χ4v) is 2.04. The van der Waals surface area contributed by atoms with Crippen molar-refractivity contribution in [2.45, 2.75) is 19.4 Å². The van der Waals surface area contributed by atoms with Crippen molar-refractivity contribution in [1.82, 2.24) is 9.38 Å². The molecule has 2 aromatic rings. The van der Waals surface area contributed by atoms with Crippen LogP contribution in [0.25, 0.3) is 5.65 Å². The van der Waals surface area contributed by atoms with E-state index in [4.69, 9.17) is 5.11 Å². The lowest BCUT2D eigenvalue weighted by Gasteiger charge is -2.27. The smallest absolute Gasteiger partial charge is 0.354 e. The van der Waals surface area contributed by atoms with E-state index in [1.165, 1.54) is 10.6 Å². The van der Waals surface area contributed by atoms with Crippen molar-refractivity contribution < 1.29 is 15.0 Å². The highest BCUT2D eigenvalue weighted by atomic mass is 16.4. The molecule has 0 bridgehead atoms. The summed E-state index contributed by atoms with van der Waals surface area (Å²) < 4.78 is 1.52. The van der Waals surface area contributed by atoms with Crippen molar-refractivity contribution in [1.29, 1.82) is 0 Å². The zero-order chi connectivity index (χ0) is 14.2. The molecule has 2 rings (SSSR count). The Bertz CT molecular complexity index is 613. The number of nitrogens with zero attached hydrogens (tertiary/aromatic N) is 3. The summed E-state index contributed by atoms with van der Waals surface area (Å²) in [7, 11) is 1.87. The molecule has 0 aliphatic rings. The van der Waals surface area contributed by atoms with Gasteiger partial charge in [-0.15, -0.1) is 0 Å². The quantitative estimate of drug-likeness (QED) is 0.867. The van der Waals surface area contributed by atoms with Crippen molar-refractivity contribution >= 4 is 17.3 Å². The Morgan fingerprint density at radius 1 is 1.53 bits per heavy atom. The van der Waals surface area contributed by atoms with E-state index in [0.29, 0.717) is 12.2 Å². The lowest BCUT2D eigenvalue weighted by atomic mass is 10.1. The van der Waals surface area contributed by atoms with Gasteiger partial charge in [-0.3, -0.25) is 4.40 Å². The van der Waals surface area contributed by atoms with Gasteiger partial charge in [0.1, 0.15) is 5.65 Å². The predicted octanol–water partition coefficient (Wildman–Crippen LogP) is 1.24. The van der Waals surface area contributed by atoms with Gasteiger partial charge in [0.05, 0.1) is 11.8 Å². The Kier molecular flexibility index (Phi) is 3.20. The Labute approximate surface area is 110 Å². The molecular formula is C13H17N3O3. The molecule has 102 valence electrons. The first-order valence-corrected chi connectivity index (χ1v) is 5.92. The molecule has 0 unspecified atom stereocenters. The van der Waals surface area contributed by atoms with Crippen molar-refractivity contribution in [2.24, 2.45) is 0 Å². The van der Waals surface area contributed by atoms with Crippen molar-refractivity contribution in [3.8, 4) is 0 Å². The summed E-state index contributed by atoms with van der Waals surface area (Å²) in [6.07, 6.45) is 3.00. The number of fused-ring (bicyclic) bond motifs is 1. The molecule has 0 saturated heterocycles. The molecule has 2 N–H and O–H groups in total. The first-order chi connectivity index (χ1) is 8.78. The van der Waals surface area contributed by atoms with Crippen molar-refractivity contribution in [3.05, 3.63) is 30.2 Å². The molecule has 0 fully saturated rings. The lowest BCUT2D eigenvalue weighted by molar-refractivity contribution is 0.0689. The highest BCUT2D eigenvalue weighted by molar-refractivity contribution is 5.86. The number of carboxylic acid groups (broad SMARTS) is 1. The highest BCUT2D eigenvalue weighted by Gasteiger charge is 2.17. The van der Waals surface area contributed by atoms with E-state index in [0.717, 1.165) is 5.69 Å². The number of rotatable bonds is 4. The number of carboxylic acids is 1. The molecule has 6 heteroatoms. The summed E-state index contributed by atoms with van der Waals surface area (Å²) in [5.74, 6) is -1.01. The summed E-state index contributed by atoms with van der Waals surface area (Å²) in [6, 6.07) is 3.59. The fraction of sp³-hybridized carbons (Fsp3) is 0.385. The van der Waals surface area contributed by atoms with E-state index in [-0.39, 0.29) is 5.69 Å². The van der Waals surface area contributed by atoms with Crippen LogP contribution in [0.1, 0.15) is 24.3 Å². The van der Waals surface area contributed by atoms with E-state index in [1.807, 2.05) is 11.9 Å². The van der Waals surface area contributed by atoms with Crippen LogP contribution in [0, 0.1) is 0 Å². The first kappa shape index (κ1) is 13.4. The minimum atomic E-state index is -1.01. The molecule has 6 nitrogen and oxygen atoms in total. The minimum Gasteiger partial charge on any atom is -0.477 e. The normalized spacial score (nSPS) is 11.8. The Hall–Kier alpha value is -2.08. The molecule has 2 aromatic heterocycles. The van der Waals surface area contributed by atoms with Crippen molar-refractivity contribution in [3.63, 3.8) is 0 Å². The van der Waals surface area contributed by atoms with Crippen molar-refractivity contribution in [2.75, 3.05) is 18.5 Å². The molecule has 0 aromatic carbocycles. The van der Waals surface area contributed by atoms with E-state index >= 15 is 0 Å². The number of carbonyl (C=O) groups is 1. The van der Waals surface area contributed by atoms with Gasteiger partial charge in [0.15, 0.2) is 5.69 Å². The Morgan fingerprint density at radius 3 is 2.79 bits per heavy atom. The predicted molar refractivity (Wildman–Crippen MR) is 71.7 cm³/mol. The van der Waals surface area contributed by atoms with E-state index in [9.17, 15) is 9.90 Å². The average molecular weight is 263 g/mol. The number of aromatic nitrogens is 2. The maximum atomic E-state index is 11.0. The van der Waals surface area contributed by atoms with E-state index < -0.39 is 11.6 Å². The van der Waals surface area contributed by atoms with E-state index in [2.05, 4.69) is 4.98 Å². The molecule has 19 heavy (non-hydrogen) atoms. The van der Waals surface area contributed by atoms with Crippen LogP contribution >= 0.6 is 0 Å². The average Bonchev–Trinajstić information content (AvgIpc) is 2.68. The number of pyridine rings is 1. The van der Waals surface area contributed by atoms with Gasteiger partial charge in [0.2, 0.25) is 0 Å². The molecule has 0 atom stereocenters. The number of hydrogen-bond donors (Lipinski definition) is 2. The standard InChI is InChI=1S/C13H17N3O3/c1-13(2,19)8-15(3)9-4-5-16-10(12(17)18)7-14-11(16)6-9/h4-7,19H,8H2,1-3H3,(H,17,18). The van der Waals surface area contributed by atoms with E-state index in [1.54, 1.807) is 32.2 Å². The van der Waals surface area contributed by atoms with Gasteiger partial charge in [-0.2, -0.15) is 0 Å². The third-order valence-corrected chi connectivity index (χ3v) is 2.78. The number of hydrogen-bond acceptors (Lipinski definition) is 4. The molecule has 0 spiro atoms. The minimum absolute atomic E-state index is 0.131. The van der Waals surface area contributed by atoms with Crippen LogP contribution in [-0.4, -0.2) is 44.8 Å². The maximum absolute atomic E-state index is 11.0. The molecule has 2 heterocycles. The maximum Gasteiger partial charge on any atom is 0.354 e. The van der Waals surface area contributed by atoms with Crippen LogP contribution in [0.15, 0.2) is 24.5 Å². The van der Waals surface area contributed by atoms with Gasteiger partial charge >= 0.3 is 5.97 Å². The zero-order valence-electron chi connectivity index (χ0n) is 11.2. The Balaban J connectivity index is 2.35. The van der Waals surface area contributed by atoms with Gasteiger partial charge in [0, 0.05) is 31.5 Å². The monoisotopic (exact) mass is 263 g/mol. The summed E-state index contributed by atoms with van der Waals surface area (Å²) in [5.41, 5.74) is 0.768. The second-order valence-corrected chi connectivity index (χ2v) is 5.23. The van der Waals surface area contributed by atoms with Crippen LogP contribution in [0.3, 0.4) is 0 Å². The molecule has 0 amide bonds. The third kappa shape index (κ3) is 2.85. The molecule has 0 saturated carbocycles. The van der Waals surface area contributed by atoms with Gasteiger partial charge in [-0.25, -0.2) is 9.78 Å². The number of aromatic carboxylic acids is 1. The molecule has 0 aliphatic carbocycles. The number of aliphatic hydroxyl groups is 1. The highest BCUT2D eigenvalue weighted by Crippen LogP contribution is 2.18. The molecule has 0 radical (unpaired) electrons. The first-order valence-electron chi connectivity index (χ1n) is 5.92. The molecular weight excluding hydrogens is 246 g/mol. The zero-order valence-corrected chi connectivity index (χ0v) is 11.2. The molecule has 0 aliphatic heterocycles. The lowest BCUT2D eigenvalue weighted by Crippen LogP contribution is -2.36. The topological polar surface area (TPSA) is 78.1 Å². The number of likely N-dealkylation sites (N-methyl/N-ethyl adjacent to an activating group) is 1. The van der Waals surface area contributed by atoms with Crippen LogP contribution in [0.5, 0.6) is 0 Å². The van der Waals surface area contributed by atoms with Crippen LogP contribution in [0.4, 0.5) is 5.69 Å². The van der Waals surface area contributed by atoms with Gasteiger partial charge in [0.25, 0.3) is 0 Å². The van der Waals surface area contributed by atoms with Crippen LogP contribution in [0.2, 0.25) is 0 Å². The summed E-state index contributed by atoms with van der Waals surface area (Å²) in [6.45, 7) is 3.94. The summed E-state index contributed by atoms with van der Waals surface area (Å²) >= 11 is 0. The van der Waals surface area contributed by atoms with Gasteiger partial charge < -0.3 is 15.1 Å². The third-order valence-electron chi connectivity index (χ3n) is 2.78. The van der Waals surface area contributed by atoms with Gasteiger partial charge in [-0.05, 0) is 19.9 Å². The SMILES string of the molecule is CN(CC(C)(C)O)c1ccn2c(C(=O)O)cnc2c1. The van der Waals surface area contributed by atoms with Crippen LogP contribution in [-0.2, 0) is 0 Å². The number of imidazole rings is 1. The second kappa shape index (κ2) is 4.55. The summed E-state index contributed by atoms with van der Waals surface area (Å²) in [4.78, 5) is 16.9.